The highest BCUT2D eigenvalue weighted by Crippen LogP contribution is 2.66. The zero-order valence-corrected chi connectivity index (χ0v) is 43.6. The average molecular weight is 1100 g/mol. The zero-order chi connectivity index (χ0) is 52.5. The first-order valence-electron chi connectivity index (χ1n) is 21.8. The van der Waals surface area contributed by atoms with Gasteiger partial charge in [0.2, 0.25) is 5.95 Å². The summed E-state index contributed by atoms with van der Waals surface area (Å²) in [7, 11) is -14.5. The molecule has 0 bridgehead atoms. The number of fused-ring (bicyclic) bond motifs is 3. The Kier molecular flexibility index (Phi) is 16.6. The summed E-state index contributed by atoms with van der Waals surface area (Å²) in [5.74, 6) is -1.52. The van der Waals surface area contributed by atoms with Gasteiger partial charge in [0.15, 0.2) is 11.2 Å². The Balaban J connectivity index is 1.04. The minimum atomic E-state index is -5.81. The lowest BCUT2D eigenvalue weighted by Crippen LogP contribution is -2.36. The highest BCUT2D eigenvalue weighted by molar-refractivity contribution is 8.77. The molecule has 72 heavy (non-hydrogen) atoms. The minimum Gasteiger partial charge on any atom is -0.478 e. The van der Waals surface area contributed by atoms with Gasteiger partial charge in [0.25, 0.3) is 11.5 Å². The Morgan fingerprint density at radius 2 is 1.78 bits per heavy atom. The number of anilines is 2. The molecule has 1 saturated heterocycles. The van der Waals surface area contributed by atoms with Crippen LogP contribution < -0.4 is 27.3 Å². The highest BCUT2D eigenvalue weighted by atomic mass is 33.1. The van der Waals surface area contributed by atoms with Crippen molar-refractivity contribution in [3.63, 3.8) is 0 Å². The molecule has 388 valence electrons. The van der Waals surface area contributed by atoms with Gasteiger partial charge >= 0.3 is 29.4 Å². The van der Waals surface area contributed by atoms with Gasteiger partial charge in [0.05, 0.1) is 30.0 Å². The van der Waals surface area contributed by atoms with Gasteiger partial charge in [0, 0.05) is 70.7 Å². The number of carboxylic acid groups (broad SMARTS) is 1. The van der Waals surface area contributed by atoms with E-state index in [-0.39, 0.29) is 47.1 Å². The van der Waals surface area contributed by atoms with Crippen LogP contribution in [-0.4, -0.2) is 105 Å². The molecular formula is C42H51N8O17P3S2. The van der Waals surface area contributed by atoms with Gasteiger partial charge in [-0.25, -0.2) is 23.5 Å². The first-order chi connectivity index (χ1) is 33.8. The Morgan fingerprint density at radius 1 is 1.03 bits per heavy atom. The van der Waals surface area contributed by atoms with Crippen LogP contribution in [0.15, 0.2) is 63.0 Å². The Bertz CT molecular complexity index is 3310. The number of phosphoric acid groups is 3. The van der Waals surface area contributed by atoms with E-state index in [1.165, 1.54) is 38.5 Å². The number of aromatic amines is 1. The molecule has 1 fully saturated rings. The van der Waals surface area contributed by atoms with E-state index in [1.54, 1.807) is 12.1 Å². The fourth-order valence-electron chi connectivity index (χ4n) is 7.83. The number of carbonyl (C=O) groups is 2. The van der Waals surface area contributed by atoms with Crippen molar-refractivity contribution in [2.75, 3.05) is 43.2 Å². The van der Waals surface area contributed by atoms with Gasteiger partial charge in [-0.3, -0.25) is 28.7 Å². The van der Waals surface area contributed by atoms with Gasteiger partial charge in [-0.1, -0.05) is 27.7 Å². The average Bonchev–Trinajstić information content (AvgIpc) is 3.89. The molecule has 1 aliphatic carbocycles. The Morgan fingerprint density at radius 3 is 2.47 bits per heavy atom. The molecule has 4 aromatic rings. The maximum Gasteiger partial charge on any atom is 0.490 e. The van der Waals surface area contributed by atoms with E-state index in [0.29, 0.717) is 46.5 Å². The van der Waals surface area contributed by atoms with Crippen molar-refractivity contribution in [2.24, 2.45) is 4.99 Å². The lowest BCUT2D eigenvalue weighted by Gasteiger charge is -2.25. The van der Waals surface area contributed by atoms with Crippen LogP contribution in [-0.2, 0) is 36.3 Å². The number of imidazole rings is 1. The zero-order valence-electron chi connectivity index (χ0n) is 39.3. The molecule has 2 aromatic carbocycles. The van der Waals surface area contributed by atoms with E-state index < -0.39 is 70.7 Å². The molecule has 3 aliphatic rings. The molecule has 4 heterocycles. The molecule has 2 aliphatic heterocycles. The minimum absolute atomic E-state index is 0.00484. The maximum absolute atomic E-state index is 13.7. The molecule has 3 unspecified atom stereocenters. The number of aromatic nitrogens is 4. The van der Waals surface area contributed by atoms with Crippen molar-refractivity contribution in [3.8, 4) is 22.5 Å². The van der Waals surface area contributed by atoms with E-state index in [4.69, 9.17) is 33.9 Å². The van der Waals surface area contributed by atoms with Crippen LogP contribution in [0.4, 0.5) is 11.6 Å². The number of hydrogen-bond acceptors (Lipinski definition) is 19. The molecule has 2 aromatic heterocycles. The molecule has 5 atom stereocenters. The number of H-pyrrole nitrogens is 1. The third kappa shape index (κ3) is 13.0. The summed E-state index contributed by atoms with van der Waals surface area (Å²) >= 11 is 0. The molecule has 10 N–H and O–H groups in total. The van der Waals surface area contributed by atoms with Crippen LogP contribution in [0, 0.1) is 13.8 Å². The van der Waals surface area contributed by atoms with Gasteiger partial charge in [-0.2, -0.15) is 13.6 Å². The number of nitrogens with one attached hydrogen (secondary N) is 3. The number of ether oxygens (including phenoxy) is 2. The number of benzene rings is 3. The number of rotatable bonds is 21. The van der Waals surface area contributed by atoms with Crippen molar-refractivity contribution in [2.45, 2.75) is 71.1 Å². The largest absolute Gasteiger partial charge is 0.490 e. The molecule has 7 rings (SSSR count). The third-order valence-corrected chi connectivity index (χ3v) is 17.7. The number of nitrogens with two attached hydrogens (primary N) is 1. The van der Waals surface area contributed by atoms with Crippen molar-refractivity contribution in [1.82, 2.24) is 24.8 Å². The fourth-order valence-corrected chi connectivity index (χ4v) is 13.0. The standard InChI is InChI=1S/C42H51N8O17P3S2/c1-7-44-28-14-30-26(11-21(28)3)35(27-12-22(4)29(45-8-2)15-31(27)64-30)24-10-9-23(13-25(24)40(53)54)38(51)46-18-42(5,6)72-71-20-62-32-16-34(50-19-47-36-37(50)48-41(43)49-39(36)52)65-33(32)17-63-69(58,59)67-70(60,61)66-68(55,56)57/h9-15,19,32-34,44H,7-8,16-18,20H2,1-6H3,(H,46,51)(H,53,54)(H,58,59)(H,60,61)(H2,55,56,57)(H3,43,48,49,52)/b45-29-/t32?,33-,34-/m1/s1. The molecular weight excluding hydrogens is 1050 g/mol. The summed E-state index contributed by atoms with van der Waals surface area (Å²) in [6.45, 7) is 12.0. The SMILES string of the molecule is CC/N=c1/cc2oc3cc(NCC)c(C)cc3c(-c3ccc(C(=O)NCC(C)(C)SSCOC4C[C@H](n5cnc6c(=O)[nH]c(N)nc65)O[C@@H]4COP(=O)(O)OP(=O)(O)OP(=O)(O)O)cc3C(=O)O)c-2cc1C. The van der Waals surface area contributed by atoms with Crippen LogP contribution in [0.25, 0.3) is 44.6 Å². The number of nitrogen functional groups attached to an aromatic ring is 1. The summed E-state index contributed by atoms with van der Waals surface area (Å²) in [5.41, 5.74) is 9.98. The monoisotopic (exact) mass is 1100 g/mol. The third-order valence-electron chi connectivity index (χ3n) is 10.9. The van der Waals surface area contributed by atoms with E-state index >= 15 is 0 Å². The topological polar surface area (TPSA) is 372 Å². The summed E-state index contributed by atoms with van der Waals surface area (Å²) in [4.78, 5) is 91.8. The van der Waals surface area contributed by atoms with Crippen molar-refractivity contribution < 1.29 is 75.0 Å². The number of carboxylic acids is 1. The molecule has 25 nitrogen and oxygen atoms in total. The highest BCUT2D eigenvalue weighted by Gasteiger charge is 2.44. The number of phosphoric ester groups is 1. The second-order valence-corrected chi connectivity index (χ2v) is 24.2. The van der Waals surface area contributed by atoms with E-state index in [2.05, 4.69) is 39.2 Å². The summed E-state index contributed by atoms with van der Waals surface area (Å²) < 4.78 is 67.4. The lowest BCUT2D eigenvalue weighted by molar-refractivity contribution is -0.0522. The molecule has 30 heteroatoms. The van der Waals surface area contributed by atoms with Crippen LogP contribution in [0.3, 0.4) is 0 Å². The van der Waals surface area contributed by atoms with Crippen LogP contribution in [0.2, 0.25) is 0 Å². The number of carbonyl (C=O) groups excluding carboxylic acids is 1. The quantitative estimate of drug-likeness (QED) is 0.0123. The molecule has 1 amide bonds. The first-order valence-corrected chi connectivity index (χ1v) is 28.6. The molecule has 0 radical (unpaired) electrons. The fraction of sp³-hybridized carbons (Fsp3) is 0.381. The summed E-state index contributed by atoms with van der Waals surface area (Å²) in [6.07, 6.45) is -1.89. The number of amides is 1. The van der Waals surface area contributed by atoms with Gasteiger partial charge in [-0.15, -0.1) is 0 Å². The van der Waals surface area contributed by atoms with Gasteiger partial charge in [-0.05, 0) is 82.5 Å². The lowest BCUT2D eigenvalue weighted by atomic mass is 9.88. The number of nitrogens with zero attached hydrogens (tertiary/aromatic N) is 4. The van der Waals surface area contributed by atoms with E-state index in [0.717, 1.165) is 22.2 Å². The van der Waals surface area contributed by atoms with E-state index in [1.807, 2.05) is 65.8 Å². The summed E-state index contributed by atoms with van der Waals surface area (Å²) in [5, 5.41) is 18.3. The van der Waals surface area contributed by atoms with Crippen LogP contribution >= 0.6 is 45.1 Å². The predicted molar refractivity (Wildman–Crippen MR) is 267 cm³/mol. The van der Waals surface area contributed by atoms with E-state index in [9.17, 15) is 43.0 Å². The second kappa shape index (κ2) is 21.9. The van der Waals surface area contributed by atoms with Gasteiger partial charge < -0.3 is 54.9 Å². The number of aryl methyl sites for hydroxylation is 2. The second-order valence-electron chi connectivity index (χ2n) is 16.8. The number of aromatic carboxylic acids is 1. The predicted octanol–water partition coefficient (Wildman–Crippen LogP) is 6.45. The van der Waals surface area contributed by atoms with Crippen molar-refractivity contribution in [1.29, 1.82) is 0 Å². The number of hydrogen-bond donors (Lipinski definition) is 9. The Hall–Kier alpha value is -4.95. The molecule has 0 saturated carbocycles. The molecule has 0 spiro atoms. The van der Waals surface area contributed by atoms with Gasteiger partial charge in [0.1, 0.15) is 29.6 Å². The smallest absolute Gasteiger partial charge is 0.478 e. The first kappa shape index (κ1) is 54.8. The maximum atomic E-state index is 13.7. The summed E-state index contributed by atoms with van der Waals surface area (Å²) in [6, 6.07) is 12.2. The normalized spacial score (nSPS) is 18.4. The van der Waals surface area contributed by atoms with Crippen LogP contribution in [0.5, 0.6) is 0 Å². The van der Waals surface area contributed by atoms with Crippen molar-refractivity contribution in [3.05, 3.63) is 86.8 Å². The van der Waals surface area contributed by atoms with Crippen LogP contribution in [0.1, 0.15) is 72.2 Å². The van der Waals surface area contributed by atoms with Crippen molar-refractivity contribution >= 4 is 90.7 Å². The Labute approximate surface area is 417 Å².